The topological polar surface area (TPSA) is 0 Å². The van der Waals surface area contributed by atoms with Crippen LogP contribution in [0, 0.1) is 71.0 Å². The van der Waals surface area contributed by atoms with Crippen molar-refractivity contribution in [2.45, 2.75) is 903 Å². The van der Waals surface area contributed by atoms with Crippen molar-refractivity contribution in [3.05, 3.63) is 0 Å². The maximum atomic E-state index is 2.36. The lowest BCUT2D eigenvalue weighted by Crippen LogP contribution is -2.05. The van der Waals surface area contributed by atoms with Gasteiger partial charge in [-0.1, -0.05) is 903 Å². The minimum atomic E-state index is 0.866. The largest absolute Gasteiger partial charge is 0.0683 e. The van der Waals surface area contributed by atoms with E-state index in [0.717, 1.165) is 71.0 Å². The maximum Gasteiger partial charge on any atom is -0.0417 e. The van der Waals surface area contributed by atoms with Crippen LogP contribution in [0.15, 0.2) is 0 Å². The van der Waals surface area contributed by atoms with E-state index in [1.165, 1.54) is 141 Å². The molecule has 0 saturated heterocycles. The van der Waals surface area contributed by atoms with Gasteiger partial charge in [0.05, 0.1) is 0 Å². The van der Waals surface area contributed by atoms with Gasteiger partial charge in [0.25, 0.3) is 0 Å². The first-order valence-electron chi connectivity index (χ1n) is 69.9. The van der Waals surface area contributed by atoms with E-state index >= 15 is 0 Å². The minimum Gasteiger partial charge on any atom is -0.0683 e. The van der Waals surface area contributed by atoms with Gasteiger partial charge in [-0.05, 0) is 71.0 Å². The smallest absolute Gasteiger partial charge is 0.0417 e. The fourth-order valence-electron chi connectivity index (χ4n) is 5.32. The average molecular weight is 2120 g/mol. The summed E-state index contributed by atoms with van der Waals surface area (Å²) in [6.45, 7) is 228. The van der Waals surface area contributed by atoms with Crippen LogP contribution in [0.5, 0.6) is 0 Å². The molecule has 8 unspecified atom stereocenters. The minimum absolute atomic E-state index is 0.866. The number of hydrogen-bond acceptors (Lipinski definition) is 0. The van der Waals surface area contributed by atoms with E-state index in [-0.39, 0.29) is 0 Å². The lowest BCUT2D eigenvalue weighted by molar-refractivity contribution is 0.352. The Bertz CT molecular complexity index is 610. The first-order chi connectivity index (χ1) is 69.9. The van der Waals surface area contributed by atoms with Crippen molar-refractivity contribution < 1.29 is 0 Å². The molecule has 0 aromatic heterocycles. The average Bonchev–Trinajstić information content (AvgIpc) is 1.00. The fourth-order valence-corrected chi connectivity index (χ4v) is 5.32. The molecule has 0 rings (SSSR count). The van der Waals surface area contributed by atoms with Gasteiger partial charge in [-0.3, -0.25) is 0 Å². The van der Waals surface area contributed by atoms with Gasteiger partial charge in [0, 0.05) is 0 Å². The van der Waals surface area contributed by atoms with Gasteiger partial charge >= 0.3 is 0 Å². The highest BCUT2D eigenvalue weighted by Crippen LogP contribution is 2.20. The molecule has 0 heterocycles. The van der Waals surface area contributed by atoms with E-state index in [1.54, 1.807) is 0 Å². The molecule has 0 aromatic rings. The van der Waals surface area contributed by atoms with Crippen LogP contribution in [0.1, 0.15) is 903 Å². The van der Waals surface area contributed by atoms with Crippen molar-refractivity contribution in [3.63, 3.8) is 0 Å². The standard InChI is InChI=1S/2C9H20.2C8H18.2C7H16.2C6H14.2C3H8.39C2H6/c2*1-5-7-9(4)8(3)6-2;2*1-4-6-7-8(3)5-2;2*1-5-7(4)6(2)3;2*1-4-6(3)5-2;2*1-3-2;39*1-2/h2*8-9H,5-7H2,1-4H3;2*8H,4-7H2,1-3H3;2*6-7H,5H2,1-4H3;2*6H,4-5H2,1-3H3;2*3H2,1-2H3;39*1-2H3. The van der Waals surface area contributed by atoms with Gasteiger partial charge in [0.1, 0.15) is 0 Å². The first-order valence-corrected chi connectivity index (χ1v) is 69.9. The summed E-state index contributed by atoms with van der Waals surface area (Å²) >= 11 is 0. The van der Waals surface area contributed by atoms with Crippen LogP contribution >= 0.6 is 0 Å². The van der Waals surface area contributed by atoms with Crippen LogP contribution in [0.4, 0.5) is 0 Å². The van der Waals surface area contributed by atoms with E-state index in [0.29, 0.717) is 0 Å². The maximum absolute atomic E-state index is 2.36. The van der Waals surface area contributed by atoms with Gasteiger partial charge in [-0.25, -0.2) is 0 Å². The van der Waals surface area contributed by atoms with Crippen molar-refractivity contribution in [2.24, 2.45) is 71.0 Å². The highest BCUT2D eigenvalue weighted by atomic mass is 14.1. The van der Waals surface area contributed by atoms with Gasteiger partial charge in [-0.2, -0.15) is 0 Å². The SMILES string of the molecule is CC.CC.CC.CC.CC.CC.CC.CC.CC.CC.CC.CC.CC.CC.CC.CC.CC.CC.CC.CC.CC.CC.CC.CC.CC.CC.CC.CC.CC.CC.CC.CC.CC.CC.CC.CC.CC.CC.CC.CCC.CCC.CCC(C)C(C)C.CCC(C)C(C)C.CCC(C)CC.CCC(C)CC.CCCC(C)C(C)CC.CCCC(C)C(C)CC.CCCCC(C)CC.CCCCC(C)CC. The van der Waals surface area contributed by atoms with Crippen LogP contribution in [0.3, 0.4) is 0 Å². The highest BCUT2D eigenvalue weighted by molar-refractivity contribution is 4.60. The van der Waals surface area contributed by atoms with Crippen LogP contribution in [0.2, 0.25) is 0 Å². The normalized spacial score (nSPS) is 7.88. The third-order valence-corrected chi connectivity index (χ3v) is 14.6. The predicted molar refractivity (Wildman–Crippen MR) is 768 cm³/mol. The first kappa shape index (κ1) is 326. The molecule has 0 nitrogen and oxygen atoms in total. The lowest BCUT2D eigenvalue weighted by Gasteiger charge is -2.16. The van der Waals surface area contributed by atoms with Crippen LogP contribution in [0.25, 0.3) is 0 Å². The van der Waals surface area contributed by atoms with E-state index in [1.807, 2.05) is 540 Å². The van der Waals surface area contributed by atoms with Crippen molar-refractivity contribution >= 4 is 0 Å². The molecule has 0 fully saturated rings. The third-order valence-electron chi connectivity index (χ3n) is 14.6. The molecule has 0 aliphatic rings. The highest BCUT2D eigenvalue weighted by Gasteiger charge is 2.08. The monoisotopic (exact) mass is 2120 g/mol. The molecule has 144 heavy (non-hydrogen) atoms. The molecule has 0 amide bonds. The van der Waals surface area contributed by atoms with Gasteiger partial charge < -0.3 is 0 Å². The lowest BCUT2D eigenvalue weighted by atomic mass is 9.90. The second-order valence-electron chi connectivity index (χ2n) is 22.1. The summed E-state index contributed by atoms with van der Waals surface area (Å²) in [5.41, 5.74) is 0. The van der Waals surface area contributed by atoms with Crippen LogP contribution in [-0.2, 0) is 0 Å². The zero-order valence-corrected chi connectivity index (χ0v) is 132. The molecule has 0 N–H and O–H groups in total. The Morgan fingerprint density at radius 2 is 0.188 bits per heavy atom. The summed E-state index contributed by atoms with van der Waals surface area (Å²) in [5, 5.41) is 0. The summed E-state index contributed by atoms with van der Waals surface area (Å²) in [7, 11) is 0. The molecule has 0 aliphatic carbocycles. The molecule has 0 heteroatoms. The third kappa shape index (κ3) is 1130. The van der Waals surface area contributed by atoms with Gasteiger partial charge in [-0.15, -0.1) is 0 Å². The molecule has 0 aliphatic heterocycles. The second kappa shape index (κ2) is 857. The number of unbranched alkanes of at least 4 members (excludes halogenated alkanes) is 2. The fraction of sp³-hybridized carbons (Fsp3) is 1.00. The van der Waals surface area contributed by atoms with Crippen molar-refractivity contribution in [2.75, 3.05) is 0 Å². The zero-order chi connectivity index (χ0) is 132. The van der Waals surface area contributed by atoms with E-state index in [2.05, 4.69) is 222 Å². The van der Waals surface area contributed by atoms with Gasteiger partial charge in [0.15, 0.2) is 0 Å². The Morgan fingerprint density at radius 1 is 0.0972 bits per heavy atom. The van der Waals surface area contributed by atoms with E-state index in [9.17, 15) is 0 Å². The Hall–Kier alpha value is 0. The molecule has 0 aromatic carbocycles. The molecule has 8 atom stereocenters. The molecule has 0 spiro atoms. The Balaban J connectivity index is -0.0000000138. The molecular formula is C144H386. The van der Waals surface area contributed by atoms with E-state index < -0.39 is 0 Å². The Morgan fingerprint density at radius 3 is 0.229 bits per heavy atom. The predicted octanol–water partition coefficient (Wildman–Crippen LogP) is 66.5. The molecule has 0 saturated carbocycles. The molecular weight excluding hydrogens is 1730 g/mol. The molecule has 0 radical (unpaired) electrons. The summed E-state index contributed by atoms with van der Waals surface area (Å²) in [5.74, 6) is 11.0. The number of rotatable bonds is 24. The molecule has 0 bridgehead atoms. The van der Waals surface area contributed by atoms with Crippen molar-refractivity contribution in [1.29, 1.82) is 0 Å². The summed E-state index contributed by atoms with van der Waals surface area (Å²) in [6, 6.07) is 0. The van der Waals surface area contributed by atoms with Crippen molar-refractivity contribution in [3.8, 4) is 0 Å². The van der Waals surface area contributed by atoms with Crippen LogP contribution in [-0.4, -0.2) is 0 Å². The number of hydrogen-bond donors (Lipinski definition) is 0. The molecule has 962 valence electrons. The summed E-state index contributed by atoms with van der Waals surface area (Å²) in [4.78, 5) is 0. The van der Waals surface area contributed by atoms with E-state index in [4.69, 9.17) is 0 Å². The van der Waals surface area contributed by atoms with Gasteiger partial charge in [0.2, 0.25) is 0 Å². The van der Waals surface area contributed by atoms with Crippen LogP contribution < -0.4 is 0 Å². The zero-order valence-electron chi connectivity index (χ0n) is 132. The summed E-state index contributed by atoms with van der Waals surface area (Å²) < 4.78 is 0. The Kier molecular flexibility index (Phi) is 1940. The Labute approximate surface area is 967 Å². The van der Waals surface area contributed by atoms with Crippen molar-refractivity contribution in [1.82, 2.24) is 0 Å². The second-order valence-corrected chi connectivity index (χ2v) is 22.1. The quantitative estimate of drug-likeness (QED) is 0.0904. The summed E-state index contributed by atoms with van der Waals surface area (Å²) in [6.07, 6.45) is 29.7.